The monoisotopic (exact) mass is 268 g/mol. The van der Waals surface area contributed by atoms with Gasteiger partial charge in [0.15, 0.2) is 0 Å². The number of nitrogens with zero attached hydrogens (tertiary/aromatic N) is 2. The number of nitro groups is 1. The number of hydrogen-bond donors (Lipinski definition) is 0. The van der Waals surface area contributed by atoms with Gasteiger partial charge in [0.25, 0.3) is 5.69 Å². The minimum atomic E-state index is -0.420. The van der Waals surface area contributed by atoms with Crippen molar-refractivity contribution in [3.63, 3.8) is 0 Å². The fourth-order valence-electron chi connectivity index (χ4n) is 2.18. The molecule has 1 atom stereocenters. The lowest BCUT2D eigenvalue weighted by Crippen LogP contribution is -2.05. The Kier molecular flexibility index (Phi) is 3.16. The molecule has 2 aromatic carbocycles. The Hall–Kier alpha value is -2.69. The third-order valence-corrected chi connectivity index (χ3v) is 3.17. The fourth-order valence-corrected chi connectivity index (χ4v) is 2.18. The van der Waals surface area contributed by atoms with Gasteiger partial charge >= 0.3 is 0 Å². The second-order valence-electron chi connectivity index (χ2n) is 4.45. The van der Waals surface area contributed by atoms with E-state index in [-0.39, 0.29) is 11.7 Å². The molecule has 0 N–H and O–H groups in total. The molecule has 0 saturated carbocycles. The van der Waals surface area contributed by atoms with Gasteiger partial charge in [0.1, 0.15) is 18.2 Å². The Morgan fingerprint density at radius 1 is 1.10 bits per heavy atom. The molecule has 0 spiro atoms. The molecule has 0 radical (unpaired) electrons. The maximum absolute atomic E-state index is 11.0. The van der Waals surface area contributed by atoms with Gasteiger partial charge in [0, 0.05) is 6.07 Å². The molecule has 1 aliphatic rings. The molecule has 0 amide bonds. The van der Waals surface area contributed by atoms with Crippen molar-refractivity contribution in [1.82, 2.24) is 0 Å². The summed E-state index contributed by atoms with van der Waals surface area (Å²) in [6.45, 7) is 0.408. The average molecular weight is 268 g/mol. The smallest absolute Gasteiger partial charge is 0.282 e. The summed E-state index contributed by atoms with van der Waals surface area (Å²) < 4.78 is 5.54. The molecule has 0 aromatic heterocycles. The van der Waals surface area contributed by atoms with Gasteiger partial charge in [-0.2, -0.15) is 0 Å². The molecule has 100 valence electrons. The molecule has 2 aromatic rings. The Morgan fingerprint density at radius 2 is 1.80 bits per heavy atom. The third kappa shape index (κ3) is 2.25. The van der Waals surface area contributed by atoms with E-state index in [9.17, 15) is 10.1 Å². The number of hydrogen-bond acceptors (Lipinski definition) is 4. The van der Waals surface area contributed by atoms with Gasteiger partial charge in [0.05, 0.1) is 4.92 Å². The van der Waals surface area contributed by atoms with Crippen molar-refractivity contribution in [3.05, 3.63) is 75.8 Å². The summed E-state index contributed by atoms with van der Waals surface area (Å²) in [5.74, 6) is 0.339. The van der Waals surface area contributed by atoms with Crippen LogP contribution in [0.2, 0.25) is 0 Å². The molecule has 3 rings (SSSR count). The average Bonchev–Trinajstić information content (AvgIpc) is 2.98. The number of nitro benzene ring substituents is 1. The van der Waals surface area contributed by atoms with E-state index in [0.29, 0.717) is 18.1 Å². The second kappa shape index (κ2) is 5.13. The molecular formula is C15H12N2O3. The minimum absolute atomic E-state index is 0.0139. The second-order valence-corrected chi connectivity index (χ2v) is 4.45. The number of aliphatic imine (C=N–C) groups is 1. The molecule has 5 nitrogen and oxygen atoms in total. The van der Waals surface area contributed by atoms with E-state index < -0.39 is 4.92 Å². The molecule has 0 fully saturated rings. The van der Waals surface area contributed by atoms with Crippen LogP contribution in [0.1, 0.15) is 17.2 Å². The van der Waals surface area contributed by atoms with Crippen LogP contribution in [-0.2, 0) is 4.74 Å². The van der Waals surface area contributed by atoms with Crippen LogP contribution in [0, 0.1) is 10.1 Å². The summed E-state index contributed by atoms with van der Waals surface area (Å²) >= 11 is 0. The first kappa shape index (κ1) is 12.3. The van der Waals surface area contributed by atoms with Gasteiger partial charge in [-0.25, -0.2) is 4.99 Å². The predicted octanol–water partition coefficient (Wildman–Crippen LogP) is 3.11. The molecule has 20 heavy (non-hydrogen) atoms. The zero-order valence-electron chi connectivity index (χ0n) is 10.6. The van der Waals surface area contributed by atoms with Gasteiger partial charge in [-0.1, -0.05) is 42.5 Å². The summed E-state index contributed by atoms with van der Waals surface area (Å²) in [5.41, 5.74) is 1.48. The zero-order chi connectivity index (χ0) is 13.9. The van der Waals surface area contributed by atoms with Crippen LogP contribution in [0.15, 0.2) is 59.6 Å². The van der Waals surface area contributed by atoms with Crippen molar-refractivity contribution in [3.8, 4) is 0 Å². The Labute approximate surface area is 115 Å². The summed E-state index contributed by atoms with van der Waals surface area (Å²) in [6, 6.07) is 16.1. The summed E-state index contributed by atoms with van der Waals surface area (Å²) in [7, 11) is 0. The van der Waals surface area contributed by atoms with E-state index in [1.54, 1.807) is 18.2 Å². The standard InChI is InChI=1S/C15H12N2O3/c18-17(19)14-9-5-4-8-12(14)15-16-13(10-20-15)11-6-2-1-3-7-11/h1-9,13H,10H2/t13-/m1/s1. The SMILES string of the molecule is O=[N+]([O-])c1ccccc1C1=N[C@@H](c2ccccc2)CO1. The molecule has 0 bridgehead atoms. The maximum Gasteiger partial charge on any atom is 0.282 e. The first-order valence-electron chi connectivity index (χ1n) is 6.25. The van der Waals surface area contributed by atoms with Crippen molar-refractivity contribution in [1.29, 1.82) is 0 Å². The summed E-state index contributed by atoms with van der Waals surface area (Å²) in [5, 5.41) is 11.0. The zero-order valence-corrected chi connectivity index (χ0v) is 10.6. The lowest BCUT2D eigenvalue weighted by Gasteiger charge is -2.03. The van der Waals surface area contributed by atoms with Crippen LogP contribution in [-0.4, -0.2) is 17.4 Å². The minimum Gasteiger partial charge on any atom is -0.475 e. The van der Waals surface area contributed by atoms with Crippen LogP contribution in [0.4, 0.5) is 5.69 Å². The van der Waals surface area contributed by atoms with Crippen LogP contribution in [0.25, 0.3) is 0 Å². The molecule has 0 saturated heterocycles. The molecule has 0 unspecified atom stereocenters. The van der Waals surface area contributed by atoms with Gasteiger partial charge in [-0.05, 0) is 11.6 Å². The van der Waals surface area contributed by atoms with Crippen LogP contribution >= 0.6 is 0 Å². The summed E-state index contributed by atoms with van der Waals surface area (Å²) in [4.78, 5) is 15.1. The number of rotatable bonds is 3. The number of benzene rings is 2. The molecule has 1 heterocycles. The lowest BCUT2D eigenvalue weighted by molar-refractivity contribution is -0.385. The van der Waals surface area contributed by atoms with Gasteiger partial charge in [0.2, 0.25) is 5.90 Å². The maximum atomic E-state index is 11.0. The summed E-state index contributed by atoms with van der Waals surface area (Å²) in [6.07, 6.45) is 0. The third-order valence-electron chi connectivity index (χ3n) is 3.17. The normalized spacial score (nSPS) is 17.4. The first-order valence-corrected chi connectivity index (χ1v) is 6.25. The first-order chi connectivity index (χ1) is 9.75. The highest BCUT2D eigenvalue weighted by atomic mass is 16.6. The quantitative estimate of drug-likeness (QED) is 0.634. The number of para-hydroxylation sites is 1. The van der Waals surface area contributed by atoms with Crippen molar-refractivity contribution < 1.29 is 9.66 Å². The van der Waals surface area contributed by atoms with Crippen molar-refractivity contribution in [2.24, 2.45) is 4.99 Å². The van der Waals surface area contributed by atoms with Crippen molar-refractivity contribution in [2.75, 3.05) is 6.61 Å². The Morgan fingerprint density at radius 3 is 2.55 bits per heavy atom. The van der Waals surface area contributed by atoms with E-state index in [0.717, 1.165) is 5.56 Å². The molecule has 5 heteroatoms. The van der Waals surface area contributed by atoms with Crippen molar-refractivity contribution in [2.45, 2.75) is 6.04 Å². The largest absolute Gasteiger partial charge is 0.475 e. The van der Waals surface area contributed by atoms with Gasteiger partial charge < -0.3 is 4.74 Å². The molecule has 0 aliphatic carbocycles. The topological polar surface area (TPSA) is 64.7 Å². The van der Waals surface area contributed by atoms with Gasteiger partial charge in [-0.15, -0.1) is 0 Å². The van der Waals surface area contributed by atoms with E-state index >= 15 is 0 Å². The molecular weight excluding hydrogens is 256 g/mol. The predicted molar refractivity (Wildman–Crippen MR) is 74.8 cm³/mol. The highest BCUT2D eigenvalue weighted by molar-refractivity contribution is 5.99. The highest BCUT2D eigenvalue weighted by Gasteiger charge is 2.26. The van der Waals surface area contributed by atoms with E-state index in [1.807, 2.05) is 30.3 Å². The van der Waals surface area contributed by atoms with Crippen LogP contribution in [0.5, 0.6) is 0 Å². The number of ether oxygens (including phenoxy) is 1. The molecule has 1 aliphatic heterocycles. The fraction of sp³-hybridized carbons (Fsp3) is 0.133. The van der Waals surface area contributed by atoms with E-state index in [1.165, 1.54) is 6.07 Å². The van der Waals surface area contributed by atoms with Crippen molar-refractivity contribution >= 4 is 11.6 Å². The van der Waals surface area contributed by atoms with Gasteiger partial charge in [-0.3, -0.25) is 10.1 Å². The lowest BCUT2D eigenvalue weighted by atomic mass is 10.1. The van der Waals surface area contributed by atoms with E-state index in [4.69, 9.17) is 4.74 Å². The van der Waals surface area contributed by atoms with E-state index in [2.05, 4.69) is 4.99 Å². The Balaban J connectivity index is 1.95. The Bertz CT molecular complexity index is 668. The van der Waals surface area contributed by atoms with Crippen LogP contribution < -0.4 is 0 Å². The highest BCUT2D eigenvalue weighted by Crippen LogP contribution is 2.28. The van der Waals surface area contributed by atoms with Crippen LogP contribution in [0.3, 0.4) is 0 Å².